The molecule has 0 atom stereocenters. The molecule has 1 amide bonds. The molecule has 1 heterocycles. The maximum Gasteiger partial charge on any atom is 0.226 e. The summed E-state index contributed by atoms with van der Waals surface area (Å²) in [6, 6.07) is 0. The number of nitrogens with zero attached hydrogens (tertiary/aromatic N) is 1. The lowest BCUT2D eigenvalue weighted by Gasteiger charge is -2.31. The van der Waals surface area contributed by atoms with Crippen molar-refractivity contribution in [1.82, 2.24) is 10.2 Å². The van der Waals surface area contributed by atoms with E-state index in [4.69, 9.17) is 5.11 Å². The van der Waals surface area contributed by atoms with Crippen molar-refractivity contribution >= 4 is 5.91 Å². The SMILES string of the molecule is O=C(CCO)N1CNC1. The van der Waals surface area contributed by atoms with Gasteiger partial charge in [0.1, 0.15) is 0 Å². The number of hydrogen-bond acceptors (Lipinski definition) is 3. The monoisotopic (exact) mass is 130 g/mol. The van der Waals surface area contributed by atoms with E-state index in [0.29, 0.717) is 13.3 Å². The minimum atomic E-state index is -0.0463. The van der Waals surface area contributed by atoms with E-state index in [1.807, 2.05) is 0 Å². The van der Waals surface area contributed by atoms with Gasteiger partial charge in [-0.1, -0.05) is 0 Å². The van der Waals surface area contributed by atoms with Crippen LogP contribution in [0.4, 0.5) is 0 Å². The van der Waals surface area contributed by atoms with E-state index in [9.17, 15) is 4.79 Å². The van der Waals surface area contributed by atoms with Crippen molar-refractivity contribution in [1.29, 1.82) is 0 Å². The maximum atomic E-state index is 10.8. The van der Waals surface area contributed by atoms with Gasteiger partial charge in [-0.25, -0.2) is 0 Å². The van der Waals surface area contributed by atoms with Crippen LogP contribution in [0, 0.1) is 0 Å². The third kappa shape index (κ3) is 1.40. The van der Waals surface area contributed by atoms with E-state index in [1.165, 1.54) is 0 Å². The molecule has 0 unspecified atom stereocenters. The lowest BCUT2D eigenvalue weighted by atomic mass is 10.4. The molecule has 1 saturated heterocycles. The number of hydrogen-bond donors (Lipinski definition) is 2. The Labute approximate surface area is 53.5 Å². The van der Waals surface area contributed by atoms with Gasteiger partial charge in [-0.2, -0.15) is 0 Å². The standard InChI is InChI=1S/C5H10N2O2/c8-2-1-5(9)7-3-6-4-7/h6,8H,1-4H2. The molecule has 52 valence electrons. The second-order valence-corrected chi connectivity index (χ2v) is 1.97. The number of nitrogens with one attached hydrogen (secondary N) is 1. The smallest absolute Gasteiger partial charge is 0.226 e. The lowest BCUT2D eigenvalue weighted by Crippen LogP contribution is -2.54. The molecule has 0 spiro atoms. The van der Waals surface area contributed by atoms with Crippen LogP contribution in [-0.4, -0.2) is 35.9 Å². The molecule has 0 aromatic heterocycles. The van der Waals surface area contributed by atoms with Crippen molar-refractivity contribution < 1.29 is 9.90 Å². The summed E-state index contributed by atoms with van der Waals surface area (Å²) in [4.78, 5) is 12.4. The van der Waals surface area contributed by atoms with E-state index in [-0.39, 0.29) is 18.9 Å². The van der Waals surface area contributed by atoms with Gasteiger partial charge in [0.15, 0.2) is 0 Å². The van der Waals surface area contributed by atoms with Crippen LogP contribution in [0.2, 0.25) is 0 Å². The molecule has 0 saturated carbocycles. The zero-order chi connectivity index (χ0) is 6.69. The van der Waals surface area contributed by atoms with Crippen LogP contribution in [0.1, 0.15) is 6.42 Å². The summed E-state index contributed by atoms with van der Waals surface area (Å²) in [6.45, 7) is 1.23. The molecule has 0 aliphatic carbocycles. The van der Waals surface area contributed by atoms with E-state index in [1.54, 1.807) is 4.90 Å². The van der Waals surface area contributed by atoms with Crippen molar-refractivity contribution in [2.24, 2.45) is 0 Å². The van der Waals surface area contributed by atoms with Gasteiger partial charge in [0.25, 0.3) is 0 Å². The second-order valence-electron chi connectivity index (χ2n) is 1.97. The normalized spacial score (nSPS) is 17.2. The second kappa shape index (κ2) is 2.80. The molecule has 0 radical (unpaired) electrons. The van der Waals surface area contributed by atoms with Gasteiger partial charge in [-0.05, 0) is 0 Å². The molecule has 0 aromatic carbocycles. The Kier molecular flexibility index (Phi) is 2.02. The highest BCUT2D eigenvalue weighted by atomic mass is 16.3. The zero-order valence-electron chi connectivity index (χ0n) is 5.13. The topological polar surface area (TPSA) is 52.6 Å². The number of amides is 1. The van der Waals surface area contributed by atoms with Crippen LogP contribution in [0.15, 0.2) is 0 Å². The Morgan fingerprint density at radius 2 is 2.33 bits per heavy atom. The van der Waals surface area contributed by atoms with Gasteiger partial charge in [0, 0.05) is 6.42 Å². The average Bonchev–Trinajstić information content (AvgIpc) is 1.60. The summed E-state index contributed by atoms with van der Waals surface area (Å²) in [7, 11) is 0. The van der Waals surface area contributed by atoms with Crippen LogP contribution in [-0.2, 0) is 4.79 Å². The summed E-state index contributed by atoms with van der Waals surface area (Å²) in [5, 5.41) is 11.3. The highest BCUT2D eigenvalue weighted by molar-refractivity contribution is 5.76. The Morgan fingerprint density at radius 3 is 2.67 bits per heavy atom. The van der Waals surface area contributed by atoms with Crippen molar-refractivity contribution in [3.8, 4) is 0 Å². The van der Waals surface area contributed by atoms with Gasteiger partial charge in [0.2, 0.25) is 5.91 Å². The number of rotatable bonds is 2. The summed E-state index contributed by atoms with van der Waals surface area (Å²) < 4.78 is 0. The Bertz CT molecular complexity index is 112. The predicted molar refractivity (Wildman–Crippen MR) is 31.4 cm³/mol. The molecule has 0 aromatic rings. The van der Waals surface area contributed by atoms with Crippen LogP contribution in [0.5, 0.6) is 0 Å². The van der Waals surface area contributed by atoms with Crippen LogP contribution >= 0.6 is 0 Å². The summed E-state index contributed by atoms with van der Waals surface area (Å²) in [6.07, 6.45) is 0.252. The van der Waals surface area contributed by atoms with E-state index in [2.05, 4.69) is 5.32 Å². The van der Waals surface area contributed by atoms with Crippen molar-refractivity contribution in [2.45, 2.75) is 6.42 Å². The quantitative estimate of drug-likeness (QED) is 0.489. The fourth-order valence-corrected chi connectivity index (χ4v) is 0.654. The molecule has 1 rings (SSSR count). The fraction of sp³-hybridized carbons (Fsp3) is 0.800. The molecule has 1 aliphatic rings. The van der Waals surface area contributed by atoms with Crippen molar-refractivity contribution in [2.75, 3.05) is 19.9 Å². The molecular formula is C5H10N2O2. The first kappa shape index (κ1) is 6.51. The minimum Gasteiger partial charge on any atom is -0.396 e. The third-order valence-corrected chi connectivity index (χ3v) is 1.28. The first-order chi connectivity index (χ1) is 4.34. The Balaban J connectivity index is 2.16. The van der Waals surface area contributed by atoms with Gasteiger partial charge in [-0.15, -0.1) is 0 Å². The van der Waals surface area contributed by atoms with Crippen LogP contribution in [0.25, 0.3) is 0 Å². The molecule has 1 fully saturated rings. The molecular weight excluding hydrogens is 120 g/mol. The molecule has 4 heteroatoms. The average molecular weight is 130 g/mol. The molecule has 0 bridgehead atoms. The van der Waals surface area contributed by atoms with Crippen LogP contribution < -0.4 is 5.32 Å². The zero-order valence-corrected chi connectivity index (χ0v) is 5.13. The largest absolute Gasteiger partial charge is 0.396 e. The summed E-state index contributed by atoms with van der Waals surface area (Å²) in [5.41, 5.74) is 0. The van der Waals surface area contributed by atoms with Gasteiger partial charge in [-0.3, -0.25) is 10.1 Å². The first-order valence-electron chi connectivity index (χ1n) is 2.94. The summed E-state index contributed by atoms with van der Waals surface area (Å²) in [5.74, 6) is 0.0243. The first-order valence-corrected chi connectivity index (χ1v) is 2.94. The highest BCUT2D eigenvalue weighted by Crippen LogP contribution is 1.96. The Hall–Kier alpha value is -0.610. The van der Waals surface area contributed by atoms with Crippen molar-refractivity contribution in [3.63, 3.8) is 0 Å². The summed E-state index contributed by atoms with van der Waals surface area (Å²) >= 11 is 0. The predicted octanol–water partition coefficient (Wildman–Crippen LogP) is -1.28. The Morgan fingerprint density at radius 1 is 1.67 bits per heavy atom. The molecule has 1 aliphatic heterocycles. The number of aliphatic hydroxyl groups is 1. The molecule has 9 heavy (non-hydrogen) atoms. The number of carbonyl (C=O) groups excluding carboxylic acids is 1. The fourth-order valence-electron chi connectivity index (χ4n) is 0.654. The van der Waals surface area contributed by atoms with Crippen molar-refractivity contribution in [3.05, 3.63) is 0 Å². The molecule has 4 nitrogen and oxygen atoms in total. The van der Waals surface area contributed by atoms with Gasteiger partial charge < -0.3 is 10.0 Å². The lowest BCUT2D eigenvalue weighted by molar-refractivity contribution is -0.136. The maximum absolute atomic E-state index is 10.8. The highest BCUT2D eigenvalue weighted by Gasteiger charge is 2.17. The van der Waals surface area contributed by atoms with Gasteiger partial charge in [0.05, 0.1) is 19.9 Å². The molecule has 2 N–H and O–H groups in total. The van der Waals surface area contributed by atoms with E-state index >= 15 is 0 Å². The van der Waals surface area contributed by atoms with Crippen LogP contribution in [0.3, 0.4) is 0 Å². The third-order valence-electron chi connectivity index (χ3n) is 1.28. The minimum absolute atomic E-state index is 0.0243. The van der Waals surface area contributed by atoms with E-state index < -0.39 is 0 Å². The van der Waals surface area contributed by atoms with E-state index in [0.717, 1.165) is 0 Å². The number of carbonyl (C=O) groups is 1. The number of aliphatic hydroxyl groups excluding tert-OH is 1. The van der Waals surface area contributed by atoms with Gasteiger partial charge >= 0.3 is 0 Å².